The molecule has 1 spiro atoms. The second-order valence-corrected chi connectivity index (χ2v) is 13.3. The number of unbranched alkanes of at least 4 members (excludes halogenated alkanes) is 5. The lowest BCUT2D eigenvalue weighted by molar-refractivity contribution is -0.0867. The molecule has 6 rings (SSSR count). The molecule has 2 bridgehead atoms. The van der Waals surface area contributed by atoms with Crippen LogP contribution in [0.5, 0.6) is 17.2 Å². The van der Waals surface area contributed by atoms with E-state index >= 15 is 0 Å². The predicted molar refractivity (Wildman–Crippen MR) is 171 cm³/mol. The minimum absolute atomic E-state index is 0.0428. The van der Waals surface area contributed by atoms with E-state index in [0.717, 1.165) is 50.3 Å². The number of aromatic hydroxyl groups is 1. The summed E-state index contributed by atoms with van der Waals surface area (Å²) in [6.07, 6.45) is 16.6. The first kappa shape index (κ1) is 29.6. The summed E-state index contributed by atoms with van der Waals surface area (Å²) in [6, 6.07) is 13.6. The Hall–Kier alpha value is -2.50. The van der Waals surface area contributed by atoms with Crippen molar-refractivity contribution in [1.29, 1.82) is 0 Å². The van der Waals surface area contributed by atoms with Crippen LogP contribution in [0.25, 0.3) is 0 Å². The molecule has 2 aliphatic carbocycles. The SMILES string of the molecule is C=CCN1CC[C@]23c4c5c(O)cc(OC)c4O[C@H]2[C@@H](N(CCCCC)CCCCCCc2ccccc2)CC[C@H]3[C@H]1C5. The van der Waals surface area contributed by atoms with Crippen LogP contribution in [-0.4, -0.2) is 66.4 Å². The van der Waals surface area contributed by atoms with Gasteiger partial charge in [-0.2, -0.15) is 0 Å². The molecular weight excluding hydrogens is 520 g/mol. The minimum Gasteiger partial charge on any atom is -0.508 e. The molecular formula is C37H52N2O3. The average molecular weight is 573 g/mol. The summed E-state index contributed by atoms with van der Waals surface area (Å²) in [5, 5.41) is 11.3. The topological polar surface area (TPSA) is 45.2 Å². The highest BCUT2D eigenvalue weighted by Gasteiger charge is 2.66. The standard InChI is InChI=1S/C37H52N2O3/c1-4-6-13-22-39(23-14-8-7-10-15-27-16-11-9-12-17-27)30-19-18-29-31-25-28-32(40)26-33(41-3)35-34(28)37(29,36(30)42-35)20-24-38(31)21-5-2/h5,9,11-12,16-17,26,29-31,36,40H,2,4,6-8,10,13-15,18-25H2,1,3H3/t29-,30-,31+,36-,37-/m0/s1. The molecule has 0 aromatic heterocycles. The Bertz CT molecular complexity index is 1220. The second kappa shape index (κ2) is 13.0. The first-order valence-corrected chi connectivity index (χ1v) is 16.8. The summed E-state index contributed by atoms with van der Waals surface area (Å²) in [5.41, 5.74) is 3.82. The van der Waals surface area contributed by atoms with Crippen molar-refractivity contribution in [2.45, 2.75) is 108 Å². The summed E-state index contributed by atoms with van der Waals surface area (Å²) in [5.74, 6) is 2.56. The molecule has 2 fully saturated rings. The first-order valence-electron chi connectivity index (χ1n) is 16.8. The third kappa shape index (κ3) is 5.26. The highest BCUT2D eigenvalue weighted by atomic mass is 16.5. The van der Waals surface area contributed by atoms with E-state index in [-0.39, 0.29) is 11.5 Å². The Labute approximate surface area is 253 Å². The number of piperidine rings is 1. The molecule has 2 aromatic carbocycles. The highest BCUT2D eigenvalue weighted by molar-refractivity contribution is 5.65. The summed E-state index contributed by atoms with van der Waals surface area (Å²) >= 11 is 0. The van der Waals surface area contributed by atoms with Crippen LogP contribution in [-0.2, 0) is 18.3 Å². The molecule has 2 heterocycles. The number of methoxy groups -OCH3 is 1. The van der Waals surface area contributed by atoms with E-state index in [0.29, 0.717) is 29.5 Å². The Morgan fingerprint density at radius 3 is 2.64 bits per heavy atom. The van der Waals surface area contributed by atoms with Crippen molar-refractivity contribution in [3.05, 3.63) is 65.7 Å². The lowest BCUT2D eigenvalue weighted by Crippen LogP contribution is -2.68. The van der Waals surface area contributed by atoms with Crippen LogP contribution in [0.3, 0.4) is 0 Å². The number of benzene rings is 2. The molecule has 5 heteroatoms. The molecule has 5 atom stereocenters. The number of nitrogens with zero attached hydrogens (tertiary/aromatic N) is 2. The number of phenolic OH excluding ortho intramolecular Hbond substituents is 1. The average Bonchev–Trinajstić information content (AvgIpc) is 3.35. The number of phenols is 1. The Morgan fingerprint density at radius 2 is 1.88 bits per heavy atom. The smallest absolute Gasteiger partial charge is 0.166 e. The van der Waals surface area contributed by atoms with E-state index in [1.54, 1.807) is 13.2 Å². The number of hydrogen-bond donors (Lipinski definition) is 1. The van der Waals surface area contributed by atoms with E-state index < -0.39 is 0 Å². The Morgan fingerprint density at radius 1 is 1.10 bits per heavy atom. The van der Waals surface area contributed by atoms with Crippen LogP contribution in [0, 0.1) is 5.92 Å². The summed E-state index contributed by atoms with van der Waals surface area (Å²) in [4.78, 5) is 5.44. The van der Waals surface area contributed by atoms with Gasteiger partial charge in [0, 0.05) is 41.2 Å². The fourth-order valence-corrected chi connectivity index (χ4v) is 9.22. The van der Waals surface area contributed by atoms with Gasteiger partial charge in [-0.15, -0.1) is 6.58 Å². The molecule has 4 aliphatic rings. The van der Waals surface area contributed by atoms with Crippen molar-refractivity contribution >= 4 is 0 Å². The summed E-state index contributed by atoms with van der Waals surface area (Å²) in [6.45, 7) is 10.7. The van der Waals surface area contributed by atoms with Crippen LogP contribution >= 0.6 is 0 Å². The maximum absolute atomic E-state index is 11.3. The maximum atomic E-state index is 11.3. The van der Waals surface area contributed by atoms with Crippen LogP contribution in [0.15, 0.2) is 49.1 Å². The fourth-order valence-electron chi connectivity index (χ4n) is 9.22. The zero-order valence-electron chi connectivity index (χ0n) is 26.0. The van der Waals surface area contributed by atoms with Gasteiger partial charge in [0.1, 0.15) is 11.9 Å². The van der Waals surface area contributed by atoms with Gasteiger partial charge >= 0.3 is 0 Å². The maximum Gasteiger partial charge on any atom is 0.166 e. The number of aryl methyl sites for hydroxylation is 1. The minimum atomic E-state index is -0.0428. The molecule has 2 aliphatic heterocycles. The zero-order chi connectivity index (χ0) is 29.1. The molecule has 1 N–H and O–H groups in total. The van der Waals surface area contributed by atoms with Gasteiger partial charge in [-0.05, 0) is 82.5 Å². The fraction of sp³-hybridized carbons (Fsp3) is 0.622. The third-order valence-electron chi connectivity index (χ3n) is 11.1. The van der Waals surface area contributed by atoms with Gasteiger partial charge in [0.25, 0.3) is 0 Å². The van der Waals surface area contributed by atoms with Crippen LogP contribution in [0.4, 0.5) is 0 Å². The largest absolute Gasteiger partial charge is 0.508 e. The van der Waals surface area contributed by atoms with Crippen molar-refractivity contribution < 1.29 is 14.6 Å². The van der Waals surface area contributed by atoms with E-state index in [4.69, 9.17) is 9.47 Å². The number of rotatable bonds is 15. The number of likely N-dealkylation sites (tertiary alicyclic amines) is 1. The van der Waals surface area contributed by atoms with Gasteiger partial charge in [-0.1, -0.05) is 69.0 Å². The normalized spacial score (nSPS) is 27.5. The van der Waals surface area contributed by atoms with Crippen molar-refractivity contribution in [3.8, 4) is 17.2 Å². The van der Waals surface area contributed by atoms with Gasteiger partial charge in [0.2, 0.25) is 0 Å². The van der Waals surface area contributed by atoms with E-state index in [9.17, 15) is 5.11 Å². The Balaban J connectivity index is 1.23. The molecule has 1 saturated heterocycles. The molecule has 0 unspecified atom stereocenters. The lowest BCUT2D eigenvalue weighted by atomic mass is 9.50. The molecule has 0 amide bonds. The second-order valence-electron chi connectivity index (χ2n) is 13.3. The van der Waals surface area contributed by atoms with Gasteiger partial charge in [0.05, 0.1) is 7.11 Å². The number of ether oxygens (including phenoxy) is 2. The van der Waals surface area contributed by atoms with Gasteiger partial charge in [-0.3, -0.25) is 9.80 Å². The quantitative estimate of drug-likeness (QED) is 0.179. The monoisotopic (exact) mass is 572 g/mol. The van der Waals surface area contributed by atoms with Crippen molar-refractivity contribution in [1.82, 2.24) is 9.80 Å². The molecule has 228 valence electrons. The Kier molecular flexibility index (Phi) is 9.16. The zero-order valence-corrected chi connectivity index (χ0v) is 26.0. The van der Waals surface area contributed by atoms with Crippen LogP contribution in [0.2, 0.25) is 0 Å². The molecule has 2 aromatic rings. The van der Waals surface area contributed by atoms with Crippen LogP contribution in [0.1, 0.15) is 87.8 Å². The van der Waals surface area contributed by atoms with Gasteiger partial charge in [-0.25, -0.2) is 0 Å². The van der Waals surface area contributed by atoms with E-state index in [2.05, 4.69) is 59.7 Å². The summed E-state index contributed by atoms with van der Waals surface area (Å²) < 4.78 is 13.0. The highest BCUT2D eigenvalue weighted by Crippen LogP contribution is 2.65. The first-order chi connectivity index (χ1) is 20.6. The summed E-state index contributed by atoms with van der Waals surface area (Å²) in [7, 11) is 1.71. The third-order valence-corrected chi connectivity index (χ3v) is 11.1. The molecule has 1 saturated carbocycles. The lowest BCUT2D eigenvalue weighted by Gasteiger charge is -2.60. The van der Waals surface area contributed by atoms with Gasteiger partial charge in [0.15, 0.2) is 11.5 Å². The van der Waals surface area contributed by atoms with Gasteiger partial charge < -0.3 is 14.6 Å². The number of hydrogen-bond acceptors (Lipinski definition) is 5. The van der Waals surface area contributed by atoms with E-state index in [1.165, 1.54) is 75.3 Å². The van der Waals surface area contributed by atoms with Crippen LogP contribution < -0.4 is 9.47 Å². The molecule has 42 heavy (non-hydrogen) atoms. The van der Waals surface area contributed by atoms with E-state index in [1.807, 2.05) is 0 Å². The predicted octanol–water partition coefficient (Wildman–Crippen LogP) is 7.29. The molecule has 0 radical (unpaired) electrons. The van der Waals surface area contributed by atoms with Crippen molar-refractivity contribution in [2.75, 3.05) is 33.3 Å². The van der Waals surface area contributed by atoms with Crippen molar-refractivity contribution in [3.63, 3.8) is 0 Å². The molecule has 5 nitrogen and oxygen atoms in total. The van der Waals surface area contributed by atoms with Crippen molar-refractivity contribution in [2.24, 2.45) is 5.92 Å².